The minimum absolute atomic E-state index is 0.146. The Morgan fingerprint density at radius 3 is 2.81 bits per heavy atom. The number of aliphatic hydroxyl groups excluding tert-OH is 1. The van der Waals surface area contributed by atoms with Gasteiger partial charge in [-0.3, -0.25) is 14.9 Å². The van der Waals surface area contributed by atoms with Crippen molar-refractivity contribution in [2.24, 2.45) is 0 Å². The van der Waals surface area contributed by atoms with Crippen LogP contribution in [0.25, 0.3) is 6.08 Å². The molecule has 2 unspecified atom stereocenters. The van der Waals surface area contributed by atoms with E-state index < -0.39 is 22.9 Å². The summed E-state index contributed by atoms with van der Waals surface area (Å²) in [5, 5.41) is 29.9. The summed E-state index contributed by atoms with van der Waals surface area (Å²) >= 11 is 1.48. The molecule has 2 N–H and O–H groups in total. The van der Waals surface area contributed by atoms with Crippen LogP contribution in [0.2, 0.25) is 0 Å². The third-order valence-electron chi connectivity index (χ3n) is 3.41. The molecule has 0 saturated carbocycles. The molecule has 7 heteroatoms. The number of benzene rings is 1. The van der Waals surface area contributed by atoms with Gasteiger partial charge in [-0.25, -0.2) is 0 Å². The highest BCUT2D eigenvalue weighted by Gasteiger charge is 2.23. The van der Waals surface area contributed by atoms with Gasteiger partial charge in [-0.2, -0.15) is 0 Å². The maximum Gasteiger partial charge on any atom is 0.310 e. The van der Waals surface area contributed by atoms with Gasteiger partial charge in [0.15, 0.2) is 0 Å². The minimum atomic E-state index is -1.03. The number of carbonyl (C=O) groups is 1. The lowest BCUT2D eigenvalue weighted by molar-refractivity contribution is -0.385. The number of aliphatic carboxylic acids is 1. The molecular weight excluding hydrogens is 294 g/mol. The number of carboxylic acid groups (broad SMARTS) is 1. The van der Waals surface area contributed by atoms with Gasteiger partial charge < -0.3 is 10.2 Å². The second-order valence-electron chi connectivity index (χ2n) is 4.83. The van der Waals surface area contributed by atoms with Crippen molar-refractivity contribution >= 4 is 29.5 Å². The van der Waals surface area contributed by atoms with Crippen molar-refractivity contribution < 1.29 is 19.9 Å². The fraction of sp³-hybridized carbons (Fsp3) is 0.357. The summed E-state index contributed by atoms with van der Waals surface area (Å²) in [6.07, 6.45) is 1.67. The number of thioether (sulfide) groups is 1. The number of nitro groups is 1. The largest absolute Gasteiger partial charge is 0.481 e. The maximum absolute atomic E-state index is 11.2. The second kappa shape index (κ2) is 6.28. The Morgan fingerprint density at radius 2 is 2.29 bits per heavy atom. The Bertz CT molecular complexity index is 613. The molecule has 0 spiro atoms. The van der Waals surface area contributed by atoms with E-state index in [0.29, 0.717) is 22.5 Å². The van der Waals surface area contributed by atoms with E-state index in [9.17, 15) is 20.0 Å². The monoisotopic (exact) mass is 309 g/mol. The Balaban J connectivity index is 2.43. The highest BCUT2D eigenvalue weighted by molar-refractivity contribution is 8.03. The van der Waals surface area contributed by atoms with Gasteiger partial charge in [0.25, 0.3) is 5.69 Å². The van der Waals surface area contributed by atoms with Crippen LogP contribution in [0.1, 0.15) is 30.4 Å². The quantitative estimate of drug-likeness (QED) is 0.655. The van der Waals surface area contributed by atoms with Crippen LogP contribution in [0.15, 0.2) is 23.1 Å². The molecule has 0 bridgehead atoms. The van der Waals surface area contributed by atoms with Crippen LogP contribution in [0.4, 0.5) is 5.69 Å². The van der Waals surface area contributed by atoms with Crippen molar-refractivity contribution in [3.05, 3.63) is 44.3 Å². The molecule has 1 aromatic carbocycles. The third-order valence-corrected chi connectivity index (χ3v) is 4.57. The number of hydrogen-bond acceptors (Lipinski definition) is 5. The SMILES string of the molecule is CC(C(=O)O)c1ccc(C=C2SCCC2O)c([N+](=O)[O-])c1. The molecular formula is C14H15NO5S. The topological polar surface area (TPSA) is 101 Å². The molecule has 1 aromatic rings. The van der Waals surface area contributed by atoms with Crippen LogP contribution in [0, 0.1) is 10.1 Å². The first-order valence-corrected chi connectivity index (χ1v) is 7.42. The lowest BCUT2D eigenvalue weighted by Crippen LogP contribution is -2.08. The predicted molar refractivity (Wildman–Crippen MR) is 80.2 cm³/mol. The molecule has 2 rings (SSSR count). The summed E-state index contributed by atoms with van der Waals surface area (Å²) in [6.45, 7) is 1.48. The van der Waals surface area contributed by atoms with E-state index in [1.165, 1.54) is 30.8 Å². The van der Waals surface area contributed by atoms with Gasteiger partial charge >= 0.3 is 5.97 Å². The first-order valence-electron chi connectivity index (χ1n) is 6.43. The highest BCUT2D eigenvalue weighted by Crippen LogP contribution is 2.35. The molecule has 0 radical (unpaired) electrons. The number of nitrogens with zero attached hydrogens (tertiary/aromatic N) is 1. The van der Waals surface area contributed by atoms with Crippen molar-refractivity contribution in [3.63, 3.8) is 0 Å². The van der Waals surface area contributed by atoms with Gasteiger partial charge in [0.2, 0.25) is 0 Å². The molecule has 1 aliphatic heterocycles. The van der Waals surface area contributed by atoms with Gasteiger partial charge in [0, 0.05) is 16.7 Å². The molecule has 6 nitrogen and oxygen atoms in total. The molecule has 0 aliphatic carbocycles. The van der Waals surface area contributed by atoms with E-state index in [2.05, 4.69) is 0 Å². The standard InChI is InChI=1S/C14H15NO5S/c1-8(14(17)18)9-2-3-10(11(6-9)15(19)20)7-13-12(16)4-5-21-13/h2-3,6-8,12,16H,4-5H2,1H3,(H,17,18). The lowest BCUT2D eigenvalue weighted by Gasteiger charge is -2.08. The van der Waals surface area contributed by atoms with Crippen LogP contribution in [-0.4, -0.2) is 33.0 Å². The summed E-state index contributed by atoms with van der Waals surface area (Å²) in [5.41, 5.74) is 0.619. The van der Waals surface area contributed by atoms with Crippen molar-refractivity contribution in [1.29, 1.82) is 0 Å². The summed E-state index contributed by atoms with van der Waals surface area (Å²) in [6, 6.07) is 4.40. The van der Waals surface area contributed by atoms with E-state index in [-0.39, 0.29) is 5.69 Å². The van der Waals surface area contributed by atoms with Crippen LogP contribution in [-0.2, 0) is 4.79 Å². The molecule has 0 amide bonds. The fourth-order valence-corrected chi connectivity index (χ4v) is 3.17. The predicted octanol–water partition coefficient (Wildman–Crippen LogP) is 2.62. The Morgan fingerprint density at radius 1 is 1.57 bits per heavy atom. The van der Waals surface area contributed by atoms with Crippen LogP contribution >= 0.6 is 11.8 Å². The van der Waals surface area contributed by atoms with Gasteiger partial charge in [-0.1, -0.05) is 6.07 Å². The van der Waals surface area contributed by atoms with Crippen molar-refractivity contribution in [2.75, 3.05) is 5.75 Å². The molecule has 2 atom stereocenters. The number of nitro benzene ring substituents is 1. The molecule has 21 heavy (non-hydrogen) atoms. The summed E-state index contributed by atoms with van der Waals surface area (Å²) < 4.78 is 0. The van der Waals surface area contributed by atoms with Gasteiger partial charge in [-0.15, -0.1) is 11.8 Å². The Kier molecular flexibility index (Phi) is 4.64. The zero-order chi connectivity index (χ0) is 15.6. The molecule has 112 valence electrons. The van der Waals surface area contributed by atoms with E-state index in [1.54, 1.807) is 12.1 Å². The summed E-state index contributed by atoms with van der Waals surface area (Å²) in [5.74, 6) is -1.05. The Labute approximate surface area is 125 Å². The second-order valence-corrected chi connectivity index (χ2v) is 6.00. The van der Waals surface area contributed by atoms with Crippen LogP contribution in [0.5, 0.6) is 0 Å². The summed E-state index contributed by atoms with van der Waals surface area (Å²) in [7, 11) is 0. The van der Waals surface area contributed by atoms with E-state index in [4.69, 9.17) is 5.11 Å². The normalized spacial score (nSPS) is 21.4. The third kappa shape index (κ3) is 3.43. The van der Waals surface area contributed by atoms with Gasteiger partial charge in [-0.05, 0) is 31.1 Å². The molecule has 1 fully saturated rings. The van der Waals surface area contributed by atoms with Crippen molar-refractivity contribution in [3.8, 4) is 0 Å². The number of carboxylic acids is 1. The minimum Gasteiger partial charge on any atom is -0.481 e. The smallest absolute Gasteiger partial charge is 0.310 e. The zero-order valence-corrected chi connectivity index (χ0v) is 12.2. The van der Waals surface area contributed by atoms with E-state index in [1.807, 2.05) is 0 Å². The van der Waals surface area contributed by atoms with Gasteiger partial charge in [0.1, 0.15) is 0 Å². The molecule has 0 aromatic heterocycles. The van der Waals surface area contributed by atoms with Crippen molar-refractivity contribution in [1.82, 2.24) is 0 Å². The van der Waals surface area contributed by atoms with Crippen molar-refractivity contribution in [2.45, 2.75) is 25.4 Å². The Hall–Kier alpha value is -1.86. The molecule has 1 aliphatic rings. The van der Waals surface area contributed by atoms with E-state index in [0.717, 1.165) is 5.75 Å². The average molecular weight is 309 g/mol. The highest BCUT2D eigenvalue weighted by atomic mass is 32.2. The number of aliphatic hydroxyl groups is 1. The van der Waals surface area contributed by atoms with Crippen LogP contribution < -0.4 is 0 Å². The fourth-order valence-electron chi connectivity index (χ4n) is 2.07. The number of hydrogen-bond donors (Lipinski definition) is 2. The van der Waals surface area contributed by atoms with Crippen LogP contribution in [0.3, 0.4) is 0 Å². The summed E-state index contributed by atoms with van der Waals surface area (Å²) in [4.78, 5) is 22.3. The maximum atomic E-state index is 11.2. The average Bonchev–Trinajstić information content (AvgIpc) is 2.83. The van der Waals surface area contributed by atoms with Gasteiger partial charge in [0.05, 0.1) is 22.5 Å². The zero-order valence-electron chi connectivity index (χ0n) is 11.4. The van der Waals surface area contributed by atoms with E-state index >= 15 is 0 Å². The first-order chi connectivity index (χ1) is 9.90. The lowest BCUT2D eigenvalue weighted by atomic mass is 9.98. The number of rotatable bonds is 4. The molecule has 1 saturated heterocycles. The first kappa shape index (κ1) is 15.5. The molecule has 1 heterocycles.